The molecule has 0 heterocycles. The number of hydrogen-bond donors (Lipinski definition) is 3. The quantitative estimate of drug-likeness (QED) is 0.584. The number of nitrogens with two attached hydrogens (primary N) is 3. The first-order valence-corrected chi connectivity index (χ1v) is 6.67. The molecule has 6 N–H and O–H groups in total. The van der Waals surface area contributed by atoms with E-state index in [2.05, 4.69) is 4.90 Å². The summed E-state index contributed by atoms with van der Waals surface area (Å²) >= 11 is 0. The molecule has 4 heteroatoms. The number of nitrogens with zero attached hydrogens (tertiary/aromatic N) is 1. The van der Waals surface area contributed by atoms with Crippen LogP contribution in [0.25, 0.3) is 0 Å². The van der Waals surface area contributed by atoms with Crippen LogP contribution in [0.4, 0.5) is 0 Å². The van der Waals surface area contributed by atoms with Gasteiger partial charge in [0.25, 0.3) is 0 Å². The van der Waals surface area contributed by atoms with E-state index in [1.165, 1.54) is 25.7 Å². The van der Waals surface area contributed by atoms with Gasteiger partial charge in [-0.3, -0.25) is 0 Å². The van der Waals surface area contributed by atoms with Gasteiger partial charge in [-0.1, -0.05) is 0 Å². The average Bonchev–Trinajstić information content (AvgIpc) is 2.31. The van der Waals surface area contributed by atoms with Gasteiger partial charge in [-0.2, -0.15) is 0 Å². The third kappa shape index (κ3) is 4.78. The highest BCUT2D eigenvalue weighted by Crippen LogP contribution is 2.22. The summed E-state index contributed by atoms with van der Waals surface area (Å²) in [7, 11) is 0. The van der Waals surface area contributed by atoms with Crippen molar-refractivity contribution in [2.45, 2.75) is 50.6 Å². The van der Waals surface area contributed by atoms with Crippen molar-refractivity contribution >= 4 is 0 Å². The summed E-state index contributed by atoms with van der Waals surface area (Å²) in [6, 6.07) is 1.15. The maximum atomic E-state index is 5.94. The summed E-state index contributed by atoms with van der Waals surface area (Å²) in [6.45, 7) is 3.81. The van der Waals surface area contributed by atoms with E-state index in [1.54, 1.807) is 0 Å². The molecule has 0 saturated heterocycles. The second kappa shape index (κ2) is 8.01. The van der Waals surface area contributed by atoms with Gasteiger partial charge in [-0.25, -0.2) is 0 Å². The third-order valence-electron chi connectivity index (χ3n) is 3.56. The van der Waals surface area contributed by atoms with E-state index in [0.717, 1.165) is 45.1 Å². The molecule has 0 radical (unpaired) electrons. The first-order chi connectivity index (χ1) is 7.77. The zero-order valence-electron chi connectivity index (χ0n) is 10.4. The minimum absolute atomic E-state index is 0.433. The first kappa shape index (κ1) is 13.9. The summed E-state index contributed by atoms with van der Waals surface area (Å²) in [5, 5.41) is 0. The monoisotopic (exact) mass is 228 g/mol. The Morgan fingerprint density at radius 3 is 1.81 bits per heavy atom. The molecule has 16 heavy (non-hydrogen) atoms. The molecule has 1 aliphatic carbocycles. The molecule has 1 rings (SSSR count). The van der Waals surface area contributed by atoms with Crippen LogP contribution in [0.5, 0.6) is 0 Å². The zero-order chi connectivity index (χ0) is 11.8. The van der Waals surface area contributed by atoms with E-state index < -0.39 is 0 Å². The Morgan fingerprint density at radius 2 is 1.38 bits per heavy atom. The second-order valence-electron chi connectivity index (χ2n) is 4.89. The van der Waals surface area contributed by atoms with E-state index in [1.807, 2.05) is 0 Å². The Labute approximate surface area is 99.5 Å². The molecule has 0 spiro atoms. The van der Waals surface area contributed by atoms with Crippen molar-refractivity contribution in [2.75, 3.05) is 26.2 Å². The van der Waals surface area contributed by atoms with Gasteiger partial charge < -0.3 is 22.1 Å². The fourth-order valence-corrected chi connectivity index (χ4v) is 2.53. The Bertz CT molecular complexity index is 158. The van der Waals surface area contributed by atoms with Crippen LogP contribution in [0.15, 0.2) is 0 Å². The normalized spacial score (nSPS) is 26.2. The summed E-state index contributed by atoms with van der Waals surface area (Å²) < 4.78 is 0. The predicted molar refractivity (Wildman–Crippen MR) is 69.1 cm³/mol. The number of hydrogen-bond acceptors (Lipinski definition) is 4. The third-order valence-corrected chi connectivity index (χ3v) is 3.56. The molecular formula is C12H28N4. The fraction of sp³-hybridized carbons (Fsp3) is 1.00. The van der Waals surface area contributed by atoms with Crippen molar-refractivity contribution < 1.29 is 0 Å². The van der Waals surface area contributed by atoms with Crippen molar-refractivity contribution in [1.29, 1.82) is 0 Å². The van der Waals surface area contributed by atoms with E-state index >= 15 is 0 Å². The highest BCUT2D eigenvalue weighted by Gasteiger charge is 2.23. The van der Waals surface area contributed by atoms with Crippen LogP contribution in [-0.4, -0.2) is 43.2 Å². The van der Waals surface area contributed by atoms with Crippen LogP contribution >= 0.6 is 0 Å². The molecule has 0 aromatic heterocycles. The Kier molecular flexibility index (Phi) is 6.96. The van der Waals surface area contributed by atoms with Crippen molar-refractivity contribution in [2.24, 2.45) is 17.2 Å². The lowest BCUT2D eigenvalue weighted by atomic mass is 9.90. The van der Waals surface area contributed by atoms with Gasteiger partial charge in [0, 0.05) is 12.1 Å². The van der Waals surface area contributed by atoms with Crippen LogP contribution in [0.3, 0.4) is 0 Å². The van der Waals surface area contributed by atoms with Crippen molar-refractivity contribution in [3.05, 3.63) is 0 Å². The van der Waals surface area contributed by atoms with Gasteiger partial charge in [0.05, 0.1) is 0 Å². The molecular weight excluding hydrogens is 200 g/mol. The lowest BCUT2D eigenvalue weighted by Gasteiger charge is -2.36. The van der Waals surface area contributed by atoms with Gasteiger partial charge in [0.1, 0.15) is 0 Å². The second-order valence-corrected chi connectivity index (χ2v) is 4.89. The molecule has 0 atom stereocenters. The van der Waals surface area contributed by atoms with E-state index in [9.17, 15) is 0 Å². The van der Waals surface area contributed by atoms with Crippen LogP contribution in [0.2, 0.25) is 0 Å². The molecule has 0 amide bonds. The zero-order valence-corrected chi connectivity index (χ0v) is 10.4. The first-order valence-electron chi connectivity index (χ1n) is 6.67. The van der Waals surface area contributed by atoms with Gasteiger partial charge in [0.2, 0.25) is 0 Å². The Morgan fingerprint density at radius 1 is 0.875 bits per heavy atom. The molecule has 4 nitrogen and oxygen atoms in total. The van der Waals surface area contributed by atoms with Crippen LogP contribution in [0, 0.1) is 0 Å². The SMILES string of the molecule is NCCCN(CCCN)C1CCC(N)CC1. The molecule has 1 aliphatic rings. The standard InChI is InChI=1S/C12H28N4/c13-7-1-9-16(10-2-8-14)12-5-3-11(15)4-6-12/h11-12H,1-10,13-15H2. The van der Waals surface area contributed by atoms with Gasteiger partial charge in [0.15, 0.2) is 0 Å². The van der Waals surface area contributed by atoms with Gasteiger partial charge in [-0.15, -0.1) is 0 Å². The maximum absolute atomic E-state index is 5.94. The molecule has 0 aromatic carbocycles. The molecule has 0 bridgehead atoms. The predicted octanol–water partition coefficient (Wildman–Crippen LogP) is 0.256. The summed E-state index contributed by atoms with van der Waals surface area (Å²) in [4.78, 5) is 2.58. The lowest BCUT2D eigenvalue weighted by Crippen LogP contribution is -2.42. The summed E-state index contributed by atoms with van der Waals surface area (Å²) in [5.41, 5.74) is 17.1. The minimum Gasteiger partial charge on any atom is -0.330 e. The van der Waals surface area contributed by atoms with Crippen LogP contribution < -0.4 is 17.2 Å². The fourth-order valence-electron chi connectivity index (χ4n) is 2.53. The van der Waals surface area contributed by atoms with Crippen LogP contribution in [0.1, 0.15) is 38.5 Å². The summed E-state index contributed by atoms with van der Waals surface area (Å²) in [5.74, 6) is 0. The highest BCUT2D eigenvalue weighted by atomic mass is 15.2. The summed E-state index contributed by atoms with van der Waals surface area (Å²) in [6.07, 6.45) is 7.02. The molecule has 0 aromatic rings. The van der Waals surface area contributed by atoms with Crippen LogP contribution in [-0.2, 0) is 0 Å². The van der Waals surface area contributed by atoms with Crippen molar-refractivity contribution in [1.82, 2.24) is 4.90 Å². The molecule has 96 valence electrons. The van der Waals surface area contributed by atoms with E-state index in [0.29, 0.717) is 6.04 Å². The molecule has 0 aliphatic heterocycles. The highest BCUT2D eigenvalue weighted by molar-refractivity contribution is 4.81. The minimum atomic E-state index is 0.433. The molecule has 0 unspecified atom stereocenters. The van der Waals surface area contributed by atoms with Crippen molar-refractivity contribution in [3.8, 4) is 0 Å². The Hall–Kier alpha value is -0.160. The number of rotatable bonds is 7. The average molecular weight is 228 g/mol. The maximum Gasteiger partial charge on any atom is 0.00964 e. The Balaban J connectivity index is 2.34. The largest absolute Gasteiger partial charge is 0.330 e. The lowest BCUT2D eigenvalue weighted by molar-refractivity contribution is 0.148. The smallest absolute Gasteiger partial charge is 0.00964 e. The van der Waals surface area contributed by atoms with Gasteiger partial charge in [-0.05, 0) is 64.7 Å². The van der Waals surface area contributed by atoms with Gasteiger partial charge >= 0.3 is 0 Å². The van der Waals surface area contributed by atoms with Crippen molar-refractivity contribution in [3.63, 3.8) is 0 Å². The van der Waals surface area contributed by atoms with E-state index in [-0.39, 0.29) is 0 Å². The molecule has 1 saturated carbocycles. The molecule has 1 fully saturated rings. The topological polar surface area (TPSA) is 81.3 Å². The van der Waals surface area contributed by atoms with E-state index in [4.69, 9.17) is 17.2 Å².